The molecule has 176 valence electrons. The molecule has 1 spiro atoms. The minimum atomic E-state index is -0.770. The van der Waals surface area contributed by atoms with Crippen LogP contribution < -0.4 is 5.32 Å². The second-order valence-electron chi connectivity index (χ2n) is 9.71. The molecule has 0 aromatic carbocycles. The Morgan fingerprint density at radius 3 is 2.45 bits per heavy atom. The third-order valence-electron chi connectivity index (χ3n) is 6.89. The fourth-order valence-corrected chi connectivity index (χ4v) is 4.99. The molecule has 1 aliphatic carbocycles. The summed E-state index contributed by atoms with van der Waals surface area (Å²) in [5, 5.41) is 2.64. The summed E-state index contributed by atoms with van der Waals surface area (Å²) < 4.78 is 28.5. The number of esters is 1. The van der Waals surface area contributed by atoms with Gasteiger partial charge in [0.25, 0.3) is 0 Å². The molecule has 0 radical (unpaired) electrons. The van der Waals surface area contributed by atoms with E-state index in [9.17, 15) is 9.59 Å². The van der Waals surface area contributed by atoms with Gasteiger partial charge < -0.3 is 29.0 Å². The van der Waals surface area contributed by atoms with Gasteiger partial charge in [0, 0.05) is 7.11 Å². The van der Waals surface area contributed by atoms with Crippen LogP contribution in [0.2, 0.25) is 0 Å². The summed E-state index contributed by atoms with van der Waals surface area (Å²) >= 11 is 0. The molecule has 0 aromatic rings. The molecular formula is C23H37NO7. The highest BCUT2D eigenvalue weighted by atomic mass is 16.6. The zero-order valence-corrected chi connectivity index (χ0v) is 19.7. The van der Waals surface area contributed by atoms with E-state index in [1.54, 1.807) is 7.11 Å². The van der Waals surface area contributed by atoms with E-state index in [1.165, 1.54) is 12.7 Å². The third kappa shape index (κ3) is 4.91. The Labute approximate surface area is 185 Å². The van der Waals surface area contributed by atoms with Gasteiger partial charge in [0.1, 0.15) is 29.5 Å². The average molecular weight is 440 g/mol. The predicted molar refractivity (Wildman–Crippen MR) is 114 cm³/mol. The zero-order valence-electron chi connectivity index (χ0n) is 19.7. The number of hydrogen-bond acceptors (Lipinski definition) is 7. The number of allylic oxidation sites excluding steroid dienone is 1. The maximum atomic E-state index is 12.6. The molecule has 31 heavy (non-hydrogen) atoms. The van der Waals surface area contributed by atoms with Crippen LogP contribution in [0.5, 0.6) is 0 Å². The smallest absolute Gasteiger partial charge is 0.408 e. The fraction of sp³-hybridized carbons (Fsp3) is 0.826. The van der Waals surface area contributed by atoms with Crippen LogP contribution in [-0.4, -0.2) is 68.4 Å². The molecule has 0 aromatic heterocycles. The molecular weight excluding hydrogens is 402 g/mol. The Kier molecular flexibility index (Phi) is 7.03. The first-order chi connectivity index (χ1) is 14.6. The summed E-state index contributed by atoms with van der Waals surface area (Å²) in [6.07, 6.45) is 3.04. The molecule has 2 aliphatic heterocycles. The number of alkyl carbamates (subject to hydrolysis) is 1. The first-order valence-electron chi connectivity index (χ1n) is 11.1. The minimum Gasteiger partial charge on any atom is -0.467 e. The molecule has 1 saturated carbocycles. The second kappa shape index (κ2) is 9.08. The molecule has 0 bridgehead atoms. The van der Waals surface area contributed by atoms with Gasteiger partial charge in [0.2, 0.25) is 0 Å². The third-order valence-corrected chi connectivity index (χ3v) is 6.89. The van der Waals surface area contributed by atoms with Crippen molar-refractivity contribution in [1.82, 2.24) is 5.32 Å². The lowest BCUT2D eigenvalue weighted by Gasteiger charge is -2.42. The number of epoxide rings is 2. The lowest BCUT2D eigenvalue weighted by Crippen LogP contribution is -2.56. The topological polar surface area (TPSA) is 98.9 Å². The maximum Gasteiger partial charge on any atom is 0.408 e. The van der Waals surface area contributed by atoms with Gasteiger partial charge in [0.15, 0.2) is 0 Å². The van der Waals surface area contributed by atoms with Crippen molar-refractivity contribution in [2.24, 2.45) is 11.8 Å². The van der Waals surface area contributed by atoms with Gasteiger partial charge in [-0.25, -0.2) is 9.59 Å². The Morgan fingerprint density at radius 2 is 1.94 bits per heavy atom. The fourth-order valence-electron chi connectivity index (χ4n) is 4.99. The molecule has 1 amide bonds. The van der Waals surface area contributed by atoms with Gasteiger partial charge in [-0.3, -0.25) is 0 Å². The van der Waals surface area contributed by atoms with Crippen LogP contribution >= 0.6 is 0 Å². The number of methoxy groups -OCH3 is 2. The van der Waals surface area contributed by atoms with E-state index >= 15 is 0 Å². The van der Waals surface area contributed by atoms with E-state index in [2.05, 4.69) is 32.2 Å². The van der Waals surface area contributed by atoms with E-state index in [-0.39, 0.29) is 29.6 Å². The van der Waals surface area contributed by atoms with E-state index in [0.29, 0.717) is 13.0 Å². The number of nitrogens with one attached hydrogen (secondary N) is 1. The molecule has 3 aliphatic rings. The predicted octanol–water partition coefficient (Wildman–Crippen LogP) is 2.99. The Balaban J connectivity index is 1.71. The SMILES string of the molecule is COC(=O)C(NC(=O)O[C@@H]1CCC2(CO2)[C@@H]([C@@]2(C)O[C@@H]2CC=C(C)C)[C@@H]1OC)C(C)C. The lowest BCUT2D eigenvalue weighted by atomic mass is 9.68. The molecule has 2 heterocycles. The Morgan fingerprint density at radius 1 is 1.26 bits per heavy atom. The van der Waals surface area contributed by atoms with Gasteiger partial charge in [-0.2, -0.15) is 0 Å². The first kappa shape index (κ1) is 24.0. The molecule has 2 unspecified atom stereocenters. The van der Waals surface area contributed by atoms with Gasteiger partial charge in [0.05, 0.1) is 25.7 Å². The monoisotopic (exact) mass is 439 g/mol. The summed E-state index contributed by atoms with van der Waals surface area (Å²) in [5.74, 6) is -0.674. The van der Waals surface area contributed by atoms with Gasteiger partial charge in [-0.05, 0) is 46.0 Å². The van der Waals surface area contributed by atoms with Crippen LogP contribution in [0, 0.1) is 11.8 Å². The van der Waals surface area contributed by atoms with E-state index < -0.39 is 29.8 Å². The normalized spacial score (nSPS) is 37.2. The summed E-state index contributed by atoms with van der Waals surface area (Å²) in [4.78, 5) is 24.6. The summed E-state index contributed by atoms with van der Waals surface area (Å²) in [6, 6.07) is -0.770. The van der Waals surface area contributed by atoms with Crippen LogP contribution in [-0.2, 0) is 28.5 Å². The molecule has 8 heteroatoms. The van der Waals surface area contributed by atoms with Crippen LogP contribution in [0.4, 0.5) is 4.79 Å². The first-order valence-corrected chi connectivity index (χ1v) is 11.1. The maximum absolute atomic E-state index is 12.6. The highest BCUT2D eigenvalue weighted by Crippen LogP contribution is 2.59. The van der Waals surface area contributed by atoms with E-state index in [0.717, 1.165) is 12.8 Å². The number of rotatable bonds is 8. The van der Waals surface area contributed by atoms with Crippen LogP contribution in [0.25, 0.3) is 0 Å². The van der Waals surface area contributed by atoms with Crippen molar-refractivity contribution < 1.29 is 33.3 Å². The minimum absolute atomic E-state index is 0.0476. The van der Waals surface area contributed by atoms with Crippen LogP contribution in [0.3, 0.4) is 0 Å². The van der Waals surface area contributed by atoms with Crippen molar-refractivity contribution in [2.75, 3.05) is 20.8 Å². The highest BCUT2D eigenvalue weighted by molar-refractivity contribution is 5.81. The van der Waals surface area contributed by atoms with Crippen molar-refractivity contribution >= 4 is 12.1 Å². The average Bonchev–Trinajstić information content (AvgIpc) is 3.62. The molecule has 2 saturated heterocycles. The van der Waals surface area contributed by atoms with Crippen molar-refractivity contribution in [1.29, 1.82) is 0 Å². The number of carbonyl (C=O) groups is 2. The number of hydrogen-bond donors (Lipinski definition) is 1. The van der Waals surface area contributed by atoms with Gasteiger partial charge >= 0.3 is 12.1 Å². The molecule has 1 N–H and O–H groups in total. The van der Waals surface area contributed by atoms with E-state index in [1.807, 2.05) is 13.8 Å². The second-order valence-corrected chi connectivity index (χ2v) is 9.71. The zero-order chi connectivity index (χ0) is 23.0. The van der Waals surface area contributed by atoms with Gasteiger partial charge in [-0.1, -0.05) is 25.5 Å². The van der Waals surface area contributed by atoms with Gasteiger partial charge in [-0.15, -0.1) is 0 Å². The van der Waals surface area contributed by atoms with Crippen molar-refractivity contribution in [2.45, 2.75) is 89.4 Å². The molecule has 7 atom stereocenters. The number of carbonyl (C=O) groups excluding carboxylic acids is 2. The number of amides is 1. The quantitative estimate of drug-likeness (QED) is 0.353. The van der Waals surface area contributed by atoms with Crippen LogP contribution in [0.15, 0.2) is 11.6 Å². The standard InChI is InChI=1S/C23H37NO7/c1-13(2)8-9-16-22(5,31-16)19-18(27-6)15(10-11-23(19)12-29-23)30-21(26)24-17(14(3)4)20(25)28-7/h8,14-19H,9-12H2,1-7H3,(H,24,26)/t15-,16-,17?,18-,19-,22+,23?/m1/s1. The highest BCUT2D eigenvalue weighted by Gasteiger charge is 2.72. The van der Waals surface area contributed by atoms with Crippen molar-refractivity contribution in [3.8, 4) is 0 Å². The molecule has 3 rings (SSSR count). The molecule has 3 fully saturated rings. The summed E-state index contributed by atoms with van der Waals surface area (Å²) in [5.41, 5.74) is 0.580. The Bertz CT molecular complexity index is 713. The Hall–Kier alpha value is -1.64. The van der Waals surface area contributed by atoms with Crippen molar-refractivity contribution in [3.63, 3.8) is 0 Å². The summed E-state index contributed by atoms with van der Waals surface area (Å²) in [6.45, 7) is 10.6. The largest absolute Gasteiger partial charge is 0.467 e. The summed E-state index contributed by atoms with van der Waals surface area (Å²) in [7, 11) is 2.93. The lowest BCUT2D eigenvalue weighted by molar-refractivity contribution is -0.144. The van der Waals surface area contributed by atoms with Crippen LogP contribution in [0.1, 0.15) is 53.9 Å². The van der Waals surface area contributed by atoms with Crippen molar-refractivity contribution in [3.05, 3.63) is 11.6 Å². The molecule has 8 nitrogen and oxygen atoms in total. The van der Waals surface area contributed by atoms with E-state index in [4.69, 9.17) is 23.7 Å². The number of ether oxygens (including phenoxy) is 5.